The molecule has 0 aliphatic rings. The fourth-order valence-electron chi connectivity index (χ4n) is 1.02. The molecule has 0 unspecified atom stereocenters. The van der Waals surface area contributed by atoms with Gasteiger partial charge in [0.2, 0.25) is 5.82 Å². The number of carbonyl (C=O) groups excluding carboxylic acids is 1. The lowest BCUT2D eigenvalue weighted by Gasteiger charge is -2.12. The number of hydrogen-bond acceptors (Lipinski definition) is 4. The summed E-state index contributed by atoms with van der Waals surface area (Å²) in [7, 11) is 0. The highest BCUT2D eigenvalue weighted by atomic mass is 16.3. The average molecular weight is 226 g/mol. The van der Waals surface area contributed by atoms with Gasteiger partial charge in [0, 0.05) is 12.0 Å². The van der Waals surface area contributed by atoms with Gasteiger partial charge in [0.15, 0.2) is 0 Å². The van der Waals surface area contributed by atoms with Crippen LogP contribution in [0.3, 0.4) is 0 Å². The van der Waals surface area contributed by atoms with Gasteiger partial charge in [-0.25, -0.2) is 4.98 Å². The van der Waals surface area contributed by atoms with E-state index in [1.807, 2.05) is 20.8 Å². The van der Waals surface area contributed by atoms with E-state index in [2.05, 4.69) is 20.5 Å². The molecular formula is C10H18N4O2. The average Bonchev–Trinajstić information content (AvgIpc) is 2.61. The molecule has 0 bridgehead atoms. The summed E-state index contributed by atoms with van der Waals surface area (Å²) < 4.78 is 0. The van der Waals surface area contributed by atoms with Crippen LogP contribution in [0.5, 0.6) is 0 Å². The van der Waals surface area contributed by atoms with Gasteiger partial charge in [0.05, 0.1) is 6.10 Å². The molecule has 0 aliphatic carbocycles. The molecule has 6 heteroatoms. The molecule has 1 rings (SSSR count). The fraction of sp³-hybridized carbons (Fsp3) is 0.700. The van der Waals surface area contributed by atoms with Gasteiger partial charge in [-0.3, -0.25) is 9.89 Å². The Morgan fingerprint density at radius 2 is 2.19 bits per heavy atom. The van der Waals surface area contributed by atoms with Gasteiger partial charge in [0.25, 0.3) is 5.91 Å². The van der Waals surface area contributed by atoms with Gasteiger partial charge >= 0.3 is 0 Å². The third-order valence-electron chi connectivity index (χ3n) is 1.96. The fourth-order valence-corrected chi connectivity index (χ4v) is 1.02. The van der Waals surface area contributed by atoms with Crippen LogP contribution in [0.2, 0.25) is 0 Å². The Morgan fingerprint density at radius 3 is 2.62 bits per heavy atom. The number of aliphatic hydroxyl groups excluding tert-OH is 1. The Bertz CT molecular complexity index is 365. The maximum Gasteiger partial charge on any atom is 0.291 e. The summed E-state index contributed by atoms with van der Waals surface area (Å²) in [5, 5.41) is 18.1. The van der Waals surface area contributed by atoms with Gasteiger partial charge in [-0.1, -0.05) is 20.8 Å². The van der Waals surface area contributed by atoms with Gasteiger partial charge < -0.3 is 10.4 Å². The Hall–Kier alpha value is -1.43. The van der Waals surface area contributed by atoms with E-state index < -0.39 is 6.10 Å². The first-order valence-electron chi connectivity index (χ1n) is 5.20. The molecule has 0 saturated heterocycles. The van der Waals surface area contributed by atoms with Crippen molar-refractivity contribution in [2.24, 2.45) is 0 Å². The van der Waals surface area contributed by atoms with Crippen molar-refractivity contribution in [2.75, 3.05) is 6.54 Å². The van der Waals surface area contributed by atoms with Crippen molar-refractivity contribution in [3.8, 4) is 0 Å². The van der Waals surface area contributed by atoms with Crippen LogP contribution < -0.4 is 5.32 Å². The molecule has 1 heterocycles. The first-order chi connectivity index (χ1) is 7.30. The third-order valence-corrected chi connectivity index (χ3v) is 1.96. The number of nitrogens with zero attached hydrogens (tertiary/aromatic N) is 2. The summed E-state index contributed by atoms with van der Waals surface area (Å²) in [6.07, 6.45) is -0.579. The van der Waals surface area contributed by atoms with Crippen molar-refractivity contribution >= 4 is 5.91 Å². The van der Waals surface area contributed by atoms with E-state index in [1.165, 1.54) is 0 Å². The number of amides is 1. The molecular weight excluding hydrogens is 208 g/mol. The van der Waals surface area contributed by atoms with E-state index >= 15 is 0 Å². The lowest BCUT2D eigenvalue weighted by atomic mass is 9.96. The van der Waals surface area contributed by atoms with Gasteiger partial charge in [-0.05, 0) is 6.92 Å². The van der Waals surface area contributed by atoms with Crippen LogP contribution >= 0.6 is 0 Å². The molecule has 1 aromatic heterocycles. The number of aromatic amines is 1. The van der Waals surface area contributed by atoms with Crippen LogP contribution in [0.15, 0.2) is 0 Å². The van der Waals surface area contributed by atoms with Crippen molar-refractivity contribution in [3.05, 3.63) is 11.6 Å². The van der Waals surface area contributed by atoms with Gasteiger partial charge in [-0.2, -0.15) is 0 Å². The normalized spacial score (nSPS) is 13.6. The summed E-state index contributed by atoms with van der Waals surface area (Å²) in [4.78, 5) is 15.6. The van der Waals surface area contributed by atoms with Crippen LogP contribution in [0.1, 0.15) is 44.1 Å². The van der Waals surface area contributed by atoms with Crippen LogP contribution in [-0.4, -0.2) is 38.8 Å². The molecule has 3 N–H and O–H groups in total. The molecule has 1 amide bonds. The van der Waals surface area contributed by atoms with Crippen molar-refractivity contribution in [1.29, 1.82) is 0 Å². The number of carbonyl (C=O) groups is 1. The number of nitrogens with one attached hydrogen (secondary N) is 2. The lowest BCUT2D eigenvalue weighted by molar-refractivity contribution is 0.0914. The Kier molecular flexibility index (Phi) is 3.64. The highest BCUT2D eigenvalue weighted by Gasteiger charge is 2.21. The number of hydrogen-bond donors (Lipinski definition) is 3. The van der Waals surface area contributed by atoms with Crippen LogP contribution in [0, 0.1) is 0 Å². The van der Waals surface area contributed by atoms with E-state index in [9.17, 15) is 4.79 Å². The zero-order valence-corrected chi connectivity index (χ0v) is 10.0. The van der Waals surface area contributed by atoms with E-state index in [0.717, 1.165) is 0 Å². The van der Waals surface area contributed by atoms with E-state index in [0.29, 0.717) is 5.82 Å². The number of aliphatic hydroxyl groups is 1. The molecule has 0 aliphatic heterocycles. The SMILES string of the molecule is C[C@H](O)CNC(=O)c1n[nH]c(C(C)(C)C)n1. The summed E-state index contributed by atoms with van der Waals surface area (Å²) in [6.45, 7) is 7.72. The molecule has 0 saturated carbocycles. The molecule has 1 aromatic rings. The minimum atomic E-state index is -0.579. The number of aromatic nitrogens is 3. The molecule has 0 radical (unpaired) electrons. The second-order valence-corrected chi connectivity index (χ2v) is 4.82. The minimum absolute atomic E-state index is 0.102. The lowest BCUT2D eigenvalue weighted by Crippen LogP contribution is -2.31. The second-order valence-electron chi connectivity index (χ2n) is 4.82. The van der Waals surface area contributed by atoms with Gasteiger partial charge in [0.1, 0.15) is 5.82 Å². The van der Waals surface area contributed by atoms with E-state index in [-0.39, 0.29) is 23.7 Å². The van der Waals surface area contributed by atoms with Crippen LogP contribution in [0.4, 0.5) is 0 Å². The largest absolute Gasteiger partial charge is 0.392 e. The molecule has 0 spiro atoms. The number of H-pyrrole nitrogens is 1. The van der Waals surface area contributed by atoms with Crippen LogP contribution in [0.25, 0.3) is 0 Å². The number of rotatable bonds is 3. The Morgan fingerprint density at radius 1 is 1.56 bits per heavy atom. The quantitative estimate of drug-likeness (QED) is 0.687. The standard InChI is InChI=1S/C10H18N4O2/c1-6(15)5-11-8(16)7-12-9(14-13-7)10(2,3)4/h6,15H,5H2,1-4H3,(H,11,16)(H,12,13,14)/t6-/m0/s1. The monoisotopic (exact) mass is 226 g/mol. The zero-order chi connectivity index (χ0) is 12.3. The first-order valence-corrected chi connectivity index (χ1v) is 5.20. The predicted molar refractivity (Wildman–Crippen MR) is 59.1 cm³/mol. The highest BCUT2D eigenvalue weighted by Crippen LogP contribution is 2.17. The van der Waals surface area contributed by atoms with Crippen molar-refractivity contribution in [2.45, 2.75) is 39.2 Å². The Labute approximate surface area is 94.5 Å². The maximum atomic E-state index is 11.5. The molecule has 90 valence electrons. The molecule has 0 fully saturated rings. The smallest absolute Gasteiger partial charge is 0.291 e. The topological polar surface area (TPSA) is 90.9 Å². The zero-order valence-electron chi connectivity index (χ0n) is 10.0. The molecule has 16 heavy (non-hydrogen) atoms. The maximum absolute atomic E-state index is 11.5. The minimum Gasteiger partial charge on any atom is -0.392 e. The molecule has 1 atom stereocenters. The first kappa shape index (κ1) is 12.6. The summed E-state index contributed by atoms with van der Waals surface area (Å²) in [5.74, 6) is 0.382. The molecule has 6 nitrogen and oxygen atoms in total. The van der Waals surface area contributed by atoms with Crippen molar-refractivity contribution < 1.29 is 9.90 Å². The van der Waals surface area contributed by atoms with E-state index in [4.69, 9.17) is 5.11 Å². The molecule has 0 aromatic carbocycles. The van der Waals surface area contributed by atoms with Crippen LogP contribution in [-0.2, 0) is 5.41 Å². The van der Waals surface area contributed by atoms with Gasteiger partial charge in [-0.15, -0.1) is 5.10 Å². The summed E-state index contributed by atoms with van der Waals surface area (Å²) in [5.41, 5.74) is -0.171. The predicted octanol–water partition coefficient (Wildman–Crippen LogP) is 0.213. The summed E-state index contributed by atoms with van der Waals surface area (Å²) in [6, 6.07) is 0. The third kappa shape index (κ3) is 3.30. The Balaban J connectivity index is 2.67. The van der Waals surface area contributed by atoms with Crippen molar-refractivity contribution in [3.63, 3.8) is 0 Å². The van der Waals surface area contributed by atoms with Crippen molar-refractivity contribution in [1.82, 2.24) is 20.5 Å². The second kappa shape index (κ2) is 4.61. The van der Waals surface area contributed by atoms with E-state index in [1.54, 1.807) is 6.92 Å². The highest BCUT2D eigenvalue weighted by molar-refractivity contribution is 5.90. The summed E-state index contributed by atoms with van der Waals surface area (Å²) >= 11 is 0.